The fraction of sp³-hybridized carbons (Fsp3) is 0.297. The van der Waals surface area contributed by atoms with Gasteiger partial charge in [0.2, 0.25) is 29.5 Å². The van der Waals surface area contributed by atoms with Gasteiger partial charge >= 0.3 is 5.97 Å². The van der Waals surface area contributed by atoms with Crippen molar-refractivity contribution in [2.24, 2.45) is 22.9 Å². The fourth-order valence-corrected chi connectivity index (χ4v) is 9.91. The Hall–Kier alpha value is -12.7. The molecule has 0 bridgehead atoms. The van der Waals surface area contributed by atoms with Crippen LogP contribution >= 0.6 is 0 Å². The second-order valence-electron chi connectivity index (χ2n) is 21.8. The molecule has 1 heterocycles. The lowest BCUT2D eigenvalue weighted by Gasteiger charge is -2.22. The number of para-hydroxylation sites is 1. The molecule has 98 heavy (non-hydrogen) atoms. The molecule has 0 fully saturated rings. The number of carboxylic acid groups (broad SMARTS) is 1. The van der Waals surface area contributed by atoms with Gasteiger partial charge in [0.25, 0.3) is 23.6 Å². The molecule has 4 atom stereocenters. The maximum Gasteiger partial charge on any atom is 0.341 e. The number of carbonyl (C=O) groups is 10. The Kier molecular flexibility index (Phi) is 27.4. The molecule has 0 saturated heterocycles. The molecule has 1 aromatic heterocycles. The van der Waals surface area contributed by atoms with Crippen LogP contribution in [-0.4, -0.2) is 159 Å². The van der Waals surface area contributed by atoms with Crippen molar-refractivity contribution in [1.82, 2.24) is 42.2 Å². The fourth-order valence-electron chi connectivity index (χ4n) is 9.91. The predicted octanol–water partition coefficient (Wildman–Crippen LogP) is 1.44. The number of benzene rings is 5. The molecule has 34 nitrogen and oxygen atoms in total. The molecule has 0 aliphatic rings. The third-order valence-corrected chi connectivity index (χ3v) is 14.6. The average Bonchev–Trinajstić information content (AvgIpc) is 1.82. The van der Waals surface area contributed by atoms with Crippen LogP contribution in [0.25, 0.3) is 10.9 Å². The zero-order valence-corrected chi connectivity index (χ0v) is 53.9. The minimum Gasteiger partial charge on any atom is -0.496 e. The van der Waals surface area contributed by atoms with Gasteiger partial charge in [-0.15, -0.1) is 0 Å². The zero-order valence-electron chi connectivity index (χ0n) is 53.9. The summed E-state index contributed by atoms with van der Waals surface area (Å²) in [5.41, 5.74) is 23.3. The number of H-pyrrole nitrogens is 1. The number of hydrogen-bond acceptors (Lipinski definition) is 17. The summed E-state index contributed by atoms with van der Waals surface area (Å²) in [7, 11) is 3.91. The number of aromatic nitrogens is 1. The molecule has 5 aromatic carbocycles. The number of anilines is 4. The number of aromatic amines is 1. The van der Waals surface area contributed by atoms with Gasteiger partial charge in [0.15, 0.2) is 24.5 Å². The average molecular weight is 1350 g/mol. The van der Waals surface area contributed by atoms with Gasteiger partial charge in [-0.05, 0) is 123 Å². The molecule has 0 radical (unpaired) electrons. The normalized spacial score (nSPS) is 11.9. The summed E-state index contributed by atoms with van der Waals surface area (Å²) in [6.45, 7) is 0.612. The molecule has 520 valence electrons. The molecule has 0 saturated carbocycles. The van der Waals surface area contributed by atoms with Crippen LogP contribution in [0.5, 0.6) is 23.0 Å². The van der Waals surface area contributed by atoms with Crippen molar-refractivity contribution in [1.29, 1.82) is 16.2 Å². The maximum atomic E-state index is 14.5. The summed E-state index contributed by atoms with van der Waals surface area (Å²) in [5.74, 6) is -9.77. The minimum atomic E-state index is -1.46. The molecule has 6 rings (SSSR count). The monoisotopic (exact) mass is 1350 g/mol. The second kappa shape index (κ2) is 36.1. The first kappa shape index (κ1) is 74.4. The van der Waals surface area contributed by atoms with Crippen molar-refractivity contribution >= 4 is 111 Å². The van der Waals surface area contributed by atoms with Crippen molar-refractivity contribution < 1.29 is 72.0 Å². The molecule has 0 spiro atoms. The van der Waals surface area contributed by atoms with Crippen LogP contribution in [0.3, 0.4) is 0 Å². The van der Waals surface area contributed by atoms with Crippen LogP contribution in [0.4, 0.5) is 22.7 Å². The minimum absolute atomic E-state index is 0.0175. The first-order valence-corrected chi connectivity index (χ1v) is 30.3. The molecule has 0 aliphatic carbocycles. The van der Waals surface area contributed by atoms with Crippen molar-refractivity contribution in [2.75, 3.05) is 68.8 Å². The molecule has 6 aromatic rings. The lowest BCUT2D eigenvalue weighted by atomic mass is 10.0. The van der Waals surface area contributed by atoms with E-state index in [1.54, 1.807) is 6.20 Å². The zero-order chi connectivity index (χ0) is 71.6. The first-order chi connectivity index (χ1) is 46.8. The number of ether oxygens (including phenoxy) is 4. The Balaban J connectivity index is 1.24. The van der Waals surface area contributed by atoms with E-state index < -0.39 is 89.9 Å². The highest BCUT2D eigenvalue weighted by molar-refractivity contribution is 6.08. The standard InChI is InChI=1S/C64H79N19O15/c1-33(84)76-35-15-19-49(95-2)40(27-35)55(88)80-46(13-8-24-73-63(68)69)60(93)79-38-18-22-52(98-32-53(85)86)43(30-38)58(91)82-47(14-9-25-74-64(70)71)61(94)77-36-16-20-50(96-3)41(28-36)56(89)81-45(12-7-23-72-62(66)67)59(92)78-37-17-21-51(97-4)42(29-37)57(90)83-48(54(65)87)26-34-31-75-44-11-6-5-10-39(34)44/h5-6,10-11,15-22,27-31,45-48,75H,7-9,12-14,23-26,32H2,1-4H3,(H2,65,87)(H,76,84)(H,77,94)(H,78,92)(H,79,93)(H,80,88)(H,81,89)(H,82,91)(H,83,90)(H,85,86)(H4,66,67,72)(H4,68,69,73)(H4,70,71,74)/t45-,46-,47-,48-/m0/s1. The number of amides is 9. The molecule has 9 amide bonds. The van der Waals surface area contributed by atoms with Crippen LogP contribution < -0.4 is 100 Å². The van der Waals surface area contributed by atoms with Gasteiger partial charge in [-0.3, -0.25) is 59.4 Å². The topological polar surface area (TPSA) is 552 Å². The van der Waals surface area contributed by atoms with E-state index in [4.69, 9.17) is 58.1 Å². The quantitative estimate of drug-likeness (QED) is 0.0150. The number of methoxy groups -OCH3 is 3. The van der Waals surface area contributed by atoms with Crippen LogP contribution in [0, 0.1) is 16.2 Å². The van der Waals surface area contributed by atoms with E-state index in [2.05, 4.69) is 63.5 Å². The number of nitrogens with two attached hydrogens (primary N) is 4. The highest BCUT2D eigenvalue weighted by Crippen LogP contribution is 2.29. The van der Waals surface area contributed by atoms with Crippen molar-refractivity contribution in [3.8, 4) is 23.0 Å². The summed E-state index contributed by atoms with van der Waals surface area (Å²) < 4.78 is 21.9. The number of nitrogens with one attached hydrogen (secondary N) is 15. The Bertz CT molecular complexity index is 3970. The highest BCUT2D eigenvalue weighted by Gasteiger charge is 2.30. The molecule has 0 unspecified atom stereocenters. The van der Waals surface area contributed by atoms with Gasteiger partial charge in [-0.1, -0.05) is 18.2 Å². The van der Waals surface area contributed by atoms with Crippen molar-refractivity contribution in [3.63, 3.8) is 0 Å². The lowest BCUT2D eigenvalue weighted by Crippen LogP contribution is -2.46. The van der Waals surface area contributed by atoms with Gasteiger partial charge in [0.05, 0.1) is 43.6 Å². The number of hydrogen-bond donors (Lipinski definition) is 20. The summed E-state index contributed by atoms with van der Waals surface area (Å²) >= 11 is 0. The van der Waals surface area contributed by atoms with Gasteiger partial charge in [-0.25, -0.2) is 4.79 Å². The number of fused-ring (bicyclic) bond motifs is 1. The highest BCUT2D eigenvalue weighted by atomic mass is 16.5. The Morgan fingerprint density at radius 2 is 0.827 bits per heavy atom. The van der Waals surface area contributed by atoms with E-state index in [9.17, 15) is 53.1 Å². The van der Waals surface area contributed by atoms with Crippen LogP contribution in [-0.2, 0) is 35.2 Å². The van der Waals surface area contributed by atoms with Crippen molar-refractivity contribution in [3.05, 3.63) is 131 Å². The number of primary amides is 1. The number of guanidine groups is 3. The molecule has 34 heteroatoms. The van der Waals surface area contributed by atoms with E-state index >= 15 is 0 Å². The van der Waals surface area contributed by atoms with E-state index in [0.29, 0.717) is 0 Å². The smallest absolute Gasteiger partial charge is 0.341 e. The van der Waals surface area contributed by atoms with E-state index in [1.165, 1.54) is 95.0 Å². The summed E-state index contributed by atoms with van der Waals surface area (Å²) in [4.78, 5) is 139. The Morgan fingerprint density at radius 1 is 0.480 bits per heavy atom. The largest absolute Gasteiger partial charge is 0.496 e. The molecule has 0 aliphatic heterocycles. The summed E-state index contributed by atoms with van der Waals surface area (Å²) in [6.07, 6.45) is 1.98. The van der Waals surface area contributed by atoms with E-state index in [0.717, 1.165) is 22.5 Å². The summed E-state index contributed by atoms with van der Waals surface area (Å²) in [6, 6.07) is 18.1. The number of rotatable bonds is 36. The van der Waals surface area contributed by atoms with Gasteiger partial charge in [0.1, 0.15) is 47.2 Å². The number of aliphatic carboxylic acids is 1. The van der Waals surface area contributed by atoms with Crippen molar-refractivity contribution in [2.45, 2.75) is 76.0 Å². The van der Waals surface area contributed by atoms with Gasteiger partial charge < -0.3 is 110 Å². The maximum absolute atomic E-state index is 14.5. The van der Waals surface area contributed by atoms with Crippen LogP contribution in [0.1, 0.15) is 92.4 Å². The van der Waals surface area contributed by atoms with Gasteiger partial charge in [-0.2, -0.15) is 0 Å². The summed E-state index contributed by atoms with van der Waals surface area (Å²) in [5, 5.41) is 62.3. The van der Waals surface area contributed by atoms with Gasteiger partial charge in [0, 0.05) is 72.8 Å². The molecule has 24 N–H and O–H groups in total. The third kappa shape index (κ3) is 22.3. The molecular weight excluding hydrogens is 1270 g/mol. The molecular formula is C64H79N19O15. The second-order valence-corrected chi connectivity index (χ2v) is 21.8. The van der Waals surface area contributed by atoms with Crippen LogP contribution in [0.2, 0.25) is 0 Å². The third-order valence-electron chi connectivity index (χ3n) is 14.6. The predicted molar refractivity (Wildman–Crippen MR) is 362 cm³/mol. The Labute approximate surface area is 561 Å². The SMILES string of the molecule is COc1ccc(NC(=O)[C@H](CCCNC(=N)N)NC(=O)c2cc(NC(=O)[C@H](CCCNC(=N)N)NC(=O)c3cc(NC(=O)[C@H](CCCNC(=N)N)NC(=O)c4cc(NC(C)=O)ccc4OC)ccc3OCC(=O)O)ccc2OC)cc1C(=O)N[C@@H](Cc1c[nH]c2ccccc12)C(N)=O. The number of carboxylic acids is 1. The Morgan fingerprint density at radius 3 is 1.17 bits per heavy atom. The number of carbonyl (C=O) groups excluding carboxylic acids is 9. The van der Waals surface area contributed by atoms with E-state index in [-0.39, 0.29) is 150 Å². The lowest BCUT2D eigenvalue weighted by molar-refractivity contribution is -0.139. The van der Waals surface area contributed by atoms with E-state index in [1.807, 2.05) is 24.3 Å². The van der Waals surface area contributed by atoms with Crippen LogP contribution in [0.15, 0.2) is 103 Å². The first-order valence-electron chi connectivity index (χ1n) is 30.3.